The number of carbonyl (C=O) groups excluding carboxylic acids is 2. The molecule has 2 rings (SSSR count). The molecule has 102 valence electrons. The van der Waals surface area contributed by atoms with Gasteiger partial charge in [0.05, 0.1) is 24.0 Å². The van der Waals surface area contributed by atoms with Crippen LogP contribution < -0.4 is 10.2 Å². The smallest absolute Gasteiger partial charge is 0.337 e. The Morgan fingerprint density at radius 1 is 1.42 bits per heavy atom. The summed E-state index contributed by atoms with van der Waals surface area (Å²) in [5, 5.41) is 3.11. The van der Waals surface area contributed by atoms with Crippen molar-refractivity contribution in [2.45, 2.75) is 32.9 Å². The summed E-state index contributed by atoms with van der Waals surface area (Å²) < 4.78 is 4.70. The highest BCUT2D eigenvalue weighted by Crippen LogP contribution is 2.33. The van der Waals surface area contributed by atoms with Crippen molar-refractivity contribution in [3.05, 3.63) is 23.8 Å². The van der Waals surface area contributed by atoms with E-state index in [9.17, 15) is 9.59 Å². The minimum absolute atomic E-state index is 0.0355. The topological polar surface area (TPSA) is 58.6 Å². The van der Waals surface area contributed by atoms with Crippen LogP contribution in [0.25, 0.3) is 0 Å². The zero-order valence-electron chi connectivity index (χ0n) is 11.6. The molecule has 0 saturated carbocycles. The van der Waals surface area contributed by atoms with Crippen molar-refractivity contribution in [3.63, 3.8) is 0 Å². The third-order valence-electron chi connectivity index (χ3n) is 3.17. The molecule has 0 aromatic heterocycles. The van der Waals surface area contributed by atoms with E-state index in [0.717, 1.165) is 11.4 Å². The third kappa shape index (κ3) is 2.28. The fourth-order valence-electron chi connectivity index (χ4n) is 2.26. The zero-order chi connectivity index (χ0) is 14.2. The number of anilines is 2. The molecule has 1 N–H and O–H groups in total. The Bertz CT molecular complexity index is 525. The Morgan fingerprint density at radius 2 is 2.11 bits per heavy atom. The van der Waals surface area contributed by atoms with Crippen LogP contribution in [0.15, 0.2) is 18.2 Å². The van der Waals surface area contributed by atoms with Crippen LogP contribution >= 0.6 is 0 Å². The monoisotopic (exact) mass is 262 g/mol. The molecule has 0 radical (unpaired) electrons. The summed E-state index contributed by atoms with van der Waals surface area (Å²) >= 11 is 0. The van der Waals surface area contributed by atoms with Gasteiger partial charge in [0.15, 0.2) is 0 Å². The molecule has 0 aliphatic carbocycles. The number of nitrogens with zero attached hydrogens (tertiary/aromatic N) is 1. The van der Waals surface area contributed by atoms with E-state index in [0.29, 0.717) is 5.56 Å². The van der Waals surface area contributed by atoms with Gasteiger partial charge in [0.1, 0.15) is 6.04 Å². The first-order valence-corrected chi connectivity index (χ1v) is 6.27. The average Bonchev–Trinajstić information content (AvgIpc) is 2.38. The maximum atomic E-state index is 12.2. The van der Waals surface area contributed by atoms with E-state index < -0.39 is 0 Å². The van der Waals surface area contributed by atoms with Gasteiger partial charge in [-0.25, -0.2) is 4.79 Å². The third-order valence-corrected chi connectivity index (χ3v) is 3.17. The van der Waals surface area contributed by atoms with Crippen LogP contribution in [0, 0.1) is 0 Å². The van der Waals surface area contributed by atoms with E-state index in [1.54, 1.807) is 23.1 Å². The SMILES string of the molecule is COC(=O)c1ccc2c(c1)NC(C)C(=O)N2C(C)C. The van der Waals surface area contributed by atoms with E-state index in [1.807, 2.05) is 20.8 Å². The second-order valence-electron chi connectivity index (χ2n) is 4.89. The van der Waals surface area contributed by atoms with Crippen molar-refractivity contribution in [3.8, 4) is 0 Å². The minimum Gasteiger partial charge on any atom is -0.465 e. The van der Waals surface area contributed by atoms with E-state index >= 15 is 0 Å². The van der Waals surface area contributed by atoms with Crippen LogP contribution in [0.5, 0.6) is 0 Å². The summed E-state index contributed by atoms with van der Waals surface area (Å²) in [6.45, 7) is 5.74. The average molecular weight is 262 g/mol. The maximum Gasteiger partial charge on any atom is 0.337 e. The summed E-state index contributed by atoms with van der Waals surface area (Å²) in [6.07, 6.45) is 0. The maximum absolute atomic E-state index is 12.2. The Kier molecular flexibility index (Phi) is 3.46. The molecule has 5 heteroatoms. The van der Waals surface area contributed by atoms with Crippen molar-refractivity contribution in [1.29, 1.82) is 0 Å². The second-order valence-corrected chi connectivity index (χ2v) is 4.89. The van der Waals surface area contributed by atoms with Crippen LogP contribution in [0.4, 0.5) is 11.4 Å². The summed E-state index contributed by atoms with van der Waals surface area (Å²) in [5.41, 5.74) is 2.05. The summed E-state index contributed by atoms with van der Waals surface area (Å²) in [5.74, 6) is -0.349. The van der Waals surface area contributed by atoms with Gasteiger partial charge in [-0.15, -0.1) is 0 Å². The summed E-state index contributed by atoms with van der Waals surface area (Å²) in [4.78, 5) is 25.5. The molecule has 0 spiro atoms. The quantitative estimate of drug-likeness (QED) is 0.828. The van der Waals surface area contributed by atoms with Gasteiger partial charge in [-0.3, -0.25) is 4.79 Å². The Labute approximate surface area is 112 Å². The van der Waals surface area contributed by atoms with E-state index in [-0.39, 0.29) is 24.0 Å². The molecule has 1 atom stereocenters. The predicted octanol–water partition coefficient (Wildman–Crippen LogP) is 2.03. The van der Waals surface area contributed by atoms with Crippen LogP contribution in [-0.4, -0.2) is 31.1 Å². The molecule has 0 fully saturated rings. The van der Waals surface area contributed by atoms with Crippen LogP contribution in [0.2, 0.25) is 0 Å². The van der Waals surface area contributed by atoms with Crippen LogP contribution in [0.1, 0.15) is 31.1 Å². The van der Waals surface area contributed by atoms with Crippen LogP contribution in [-0.2, 0) is 9.53 Å². The van der Waals surface area contributed by atoms with E-state index in [4.69, 9.17) is 4.74 Å². The van der Waals surface area contributed by atoms with Gasteiger partial charge in [0, 0.05) is 6.04 Å². The second kappa shape index (κ2) is 4.91. The highest BCUT2D eigenvalue weighted by molar-refractivity contribution is 6.06. The first-order chi connectivity index (χ1) is 8.95. The molecule has 19 heavy (non-hydrogen) atoms. The number of hydrogen-bond donors (Lipinski definition) is 1. The van der Waals surface area contributed by atoms with Crippen molar-refractivity contribution in [2.75, 3.05) is 17.3 Å². The fraction of sp³-hybridized carbons (Fsp3) is 0.429. The van der Waals surface area contributed by atoms with Gasteiger partial charge >= 0.3 is 5.97 Å². The number of nitrogens with one attached hydrogen (secondary N) is 1. The van der Waals surface area contributed by atoms with Crippen molar-refractivity contribution >= 4 is 23.3 Å². The van der Waals surface area contributed by atoms with E-state index in [2.05, 4.69) is 5.32 Å². The van der Waals surface area contributed by atoms with E-state index in [1.165, 1.54) is 7.11 Å². The van der Waals surface area contributed by atoms with Gasteiger partial charge in [0.2, 0.25) is 5.91 Å². The first-order valence-electron chi connectivity index (χ1n) is 6.27. The number of rotatable bonds is 2. The van der Waals surface area contributed by atoms with Gasteiger partial charge in [-0.05, 0) is 39.0 Å². The molecule has 1 aliphatic heterocycles. The lowest BCUT2D eigenvalue weighted by atomic mass is 10.1. The summed E-state index contributed by atoms with van der Waals surface area (Å²) in [6, 6.07) is 4.94. The normalized spacial score (nSPS) is 18.1. The lowest BCUT2D eigenvalue weighted by Gasteiger charge is -2.36. The van der Waals surface area contributed by atoms with Gasteiger partial charge in [-0.1, -0.05) is 0 Å². The molecular formula is C14H18N2O3. The largest absolute Gasteiger partial charge is 0.465 e. The molecule has 1 aromatic carbocycles. The predicted molar refractivity (Wildman–Crippen MR) is 73.5 cm³/mol. The number of methoxy groups -OCH3 is 1. The van der Waals surface area contributed by atoms with Gasteiger partial charge in [0.25, 0.3) is 0 Å². The highest BCUT2D eigenvalue weighted by Gasteiger charge is 2.31. The number of amides is 1. The molecule has 1 aliphatic rings. The number of fused-ring (bicyclic) bond motifs is 1. The number of benzene rings is 1. The number of carbonyl (C=O) groups is 2. The minimum atomic E-state index is -0.384. The number of ether oxygens (including phenoxy) is 1. The molecule has 1 heterocycles. The molecule has 0 saturated heterocycles. The molecule has 1 aromatic rings. The van der Waals surface area contributed by atoms with Gasteiger partial charge < -0.3 is 15.0 Å². The van der Waals surface area contributed by atoms with Crippen LogP contribution in [0.3, 0.4) is 0 Å². The molecule has 5 nitrogen and oxygen atoms in total. The Morgan fingerprint density at radius 3 is 2.68 bits per heavy atom. The standard InChI is InChI=1S/C14H18N2O3/c1-8(2)16-12-6-5-10(14(18)19-4)7-11(12)15-9(3)13(16)17/h5-9,15H,1-4H3. The van der Waals surface area contributed by atoms with Crippen molar-refractivity contribution < 1.29 is 14.3 Å². The highest BCUT2D eigenvalue weighted by atomic mass is 16.5. The fourth-order valence-corrected chi connectivity index (χ4v) is 2.26. The molecular weight excluding hydrogens is 244 g/mol. The molecule has 0 bridgehead atoms. The van der Waals surface area contributed by atoms with Gasteiger partial charge in [-0.2, -0.15) is 0 Å². The summed E-state index contributed by atoms with van der Waals surface area (Å²) in [7, 11) is 1.35. The molecule has 1 unspecified atom stereocenters. The lowest BCUT2D eigenvalue weighted by molar-refractivity contribution is -0.119. The van der Waals surface area contributed by atoms with Crippen molar-refractivity contribution in [2.24, 2.45) is 0 Å². The first kappa shape index (κ1) is 13.4. The molecule has 1 amide bonds. The zero-order valence-corrected chi connectivity index (χ0v) is 11.6. The lowest BCUT2D eigenvalue weighted by Crippen LogP contribution is -2.49. The van der Waals surface area contributed by atoms with Crippen molar-refractivity contribution in [1.82, 2.24) is 0 Å². The Balaban J connectivity index is 2.48. The number of esters is 1. The number of hydrogen-bond acceptors (Lipinski definition) is 4. The Hall–Kier alpha value is -2.04.